The summed E-state index contributed by atoms with van der Waals surface area (Å²) in [5.74, 6) is 0.0125. The SMILES string of the molecule is CCS(=O)(=O)CCCC(=O)c1nc2ccccc2cc1Br. The van der Waals surface area contributed by atoms with E-state index in [0.29, 0.717) is 16.6 Å². The van der Waals surface area contributed by atoms with E-state index in [1.54, 1.807) is 6.92 Å². The van der Waals surface area contributed by atoms with Crippen LogP contribution < -0.4 is 0 Å². The van der Waals surface area contributed by atoms with Crippen LogP contribution in [0.25, 0.3) is 10.9 Å². The van der Waals surface area contributed by atoms with Crippen molar-refractivity contribution in [2.24, 2.45) is 0 Å². The lowest BCUT2D eigenvalue weighted by Gasteiger charge is -2.06. The highest BCUT2D eigenvalue weighted by atomic mass is 79.9. The Bertz CT molecular complexity index is 772. The first kappa shape index (κ1) is 16.1. The Morgan fingerprint density at radius 1 is 1.29 bits per heavy atom. The van der Waals surface area contributed by atoms with Gasteiger partial charge in [-0.1, -0.05) is 25.1 Å². The van der Waals surface area contributed by atoms with Gasteiger partial charge in [0.1, 0.15) is 15.5 Å². The minimum absolute atomic E-state index is 0.0421. The van der Waals surface area contributed by atoms with Gasteiger partial charge in [-0.2, -0.15) is 0 Å². The molecule has 0 aliphatic heterocycles. The van der Waals surface area contributed by atoms with Crippen LogP contribution in [-0.2, 0) is 9.84 Å². The predicted octanol–water partition coefficient (Wildman–Crippen LogP) is 3.39. The number of carbonyl (C=O) groups is 1. The van der Waals surface area contributed by atoms with E-state index in [9.17, 15) is 13.2 Å². The molecule has 0 aliphatic carbocycles. The minimum atomic E-state index is -3.03. The Balaban J connectivity index is 2.14. The molecule has 2 aromatic rings. The third-order valence-corrected chi connectivity index (χ3v) is 5.64. The van der Waals surface area contributed by atoms with Crippen molar-refractivity contribution in [3.05, 3.63) is 40.5 Å². The Morgan fingerprint density at radius 3 is 2.71 bits per heavy atom. The molecular formula is C15H16BrNO3S. The first-order valence-electron chi connectivity index (χ1n) is 6.72. The molecular weight excluding hydrogens is 354 g/mol. The van der Waals surface area contributed by atoms with Gasteiger partial charge in [-0.05, 0) is 34.5 Å². The van der Waals surface area contributed by atoms with Crippen LogP contribution in [-0.4, -0.2) is 30.7 Å². The summed E-state index contributed by atoms with van der Waals surface area (Å²) in [7, 11) is -3.03. The number of fused-ring (bicyclic) bond motifs is 1. The first-order valence-corrected chi connectivity index (χ1v) is 9.33. The largest absolute Gasteiger partial charge is 0.292 e. The summed E-state index contributed by atoms with van der Waals surface area (Å²) in [4.78, 5) is 16.6. The van der Waals surface area contributed by atoms with Crippen LogP contribution in [0.4, 0.5) is 0 Å². The number of aromatic nitrogens is 1. The molecule has 0 fully saturated rings. The molecule has 0 spiro atoms. The van der Waals surface area contributed by atoms with E-state index >= 15 is 0 Å². The van der Waals surface area contributed by atoms with E-state index in [1.165, 1.54) is 0 Å². The van der Waals surface area contributed by atoms with Gasteiger partial charge in [0.15, 0.2) is 5.78 Å². The molecule has 4 nitrogen and oxygen atoms in total. The summed E-state index contributed by atoms with van der Waals surface area (Å²) in [6.45, 7) is 1.61. The zero-order valence-corrected chi connectivity index (χ0v) is 14.1. The maximum atomic E-state index is 12.2. The van der Waals surface area contributed by atoms with Crippen molar-refractivity contribution in [3.63, 3.8) is 0 Å². The van der Waals surface area contributed by atoms with E-state index in [4.69, 9.17) is 0 Å². The molecule has 2 rings (SSSR count). The van der Waals surface area contributed by atoms with E-state index in [0.717, 1.165) is 10.9 Å². The number of ketones is 1. The van der Waals surface area contributed by atoms with Gasteiger partial charge in [-0.15, -0.1) is 0 Å². The second-order valence-electron chi connectivity index (χ2n) is 4.77. The van der Waals surface area contributed by atoms with Gasteiger partial charge >= 0.3 is 0 Å². The van der Waals surface area contributed by atoms with Crippen LogP contribution in [0.5, 0.6) is 0 Å². The van der Waals surface area contributed by atoms with Gasteiger partial charge < -0.3 is 0 Å². The lowest BCUT2D eigenvalue weighted by Crippen LogP contribution is -2.11. The fourth-order valence-corrected chi connectivity index (χ4v) is 3.43. The summed E-state index contributed by atoms with van der Waals surface area (Å²) in [6, 6.07) is 9.41. The third kappa shape index (κ3) is 4.11. The van der Waals surface area contributed by atoms with Crippen molar-refractivity contribution in [2.45, 2.75) is 19.8 Å². The third-order valence-electron chi connectivity index (χ3n) is 3.24. The standard InChI is InChI=1S/C15H16BrNO3S/c1-2-21(19,20)9-5-8-14(18)15-12(16)10-11-6-3-4-7-13(11)17-15/h3-4,6-7,10H,2,5,8-9H2,1H3. The number of rotatable bonds is 6. The monoisotopic (exact) mass is 369 g/mol. The maximum Gasteiger partial charge on any atom is 0.182 e. The molecule has 0 radical (unpaired) electrons. The molecule has 0 aliphatic rings. The predicted molar refractivity (Wildman–Crippen MR) is 87.3 cm³/mol. The lowest BCUT2D eigenvalue weighted by atomic mass is 10.1. The zero-order valence-electron chi connectivity index (χ0n) is 11.7. The number of Topliss-reactive ketones (excluding diaryl/α,β-unsaturated/α-hetero) is 1. The molecule has 21 heavy (non-hydrogen) atoms. The number of benzene rings is 1. The van der Waals surface area contributed by atoms with E-state index in [1.807, 2.05) is 30.3 Å². The Hall–Kier alpha value is -1.27. The van der Waals surface area contributed by atoms with Gasteiger partial charge in [0.25, 0.3) is 0 Å². The van der Waals surface area contributed by atoms with Crippen molar-refractivity contribution in [1.29, 1.82) is 0 Å². The summed E-state index contributed by atoms with van der Waals surface area (Å²) in [5.41, 5.74) is 1.12. The molecule has 0 bridgehead atoms. The highest BCUT2D eigenvalue weighted by Gasteiger charge is 2.15. The molecule has 112 valence electrons. The highest BCUT2D eigenvalue weighted by Crippen LogP contribution is 2.22. The van der Waals surface area contributed by atoms with Crippen LogP contribution in [0.1, 0.15) is 30.3 Å². The van der Waals surface area contributed by atoms with Gasteiger partial charge in [0, 0.05) is 22.0 Å². The molecule has 1 heterocycles. The average molecular weight is 370 g/mol. The number of sulfone groups is 1. The minimum Gasteiger partial charge on any atom is -0.292 e. The van der Waals surface area contributed by atoms with Crippen LogP contribution >= 0.6 is 15.9 Å². The quantitative estimate of drug-likeness (QED) is 0.732. The number of pyridine rings is 1. The molecule has 0 atom stereocenters. The van der Waals surface area contributed by atoms with Gasteiger partial charge in [-0.25, -0.2) is 13.4 Å². The van der Waals surface area contributed by atoms with Crippen molar-refractivity contribution < 1.29 is 13.2 Å². The molecule has 0 unspecified atom stereocenters. The molecule has 0 saturated heterocycles. The van der Waals surface area contributed by atoms with Crippen molar-refractivity contribution in [1.82, 2.24) is 4.98 Å². The van der Waals surface area contributed by atoms with Gasteiger partial charge in [-0.3, -0.25) is 4.79 Å². The van der Waals surface area contributed by atoms with Crippen molar-refractivity contribution >= 4 is 42.5 Å². The van der Waals surface area contributed by atoms with Crippen LogP contribution in [0.3, 0.4) is 0 Å². The van der Waals surface area contributed by atoms with Crippen molar-refractivity contribution in [3.8, 4) is 0 Å². The molecule has 0 amide bonds. The summed E-state index contributed by atoms with van der Waals surface area (Å²) in [6.07, 6.45) is 0.513. The fourth-order valence-electron chi connectivity index (χ4n) is 2.00. The van der Waals surface area contributed by atoms with Crippen LogP contribution in [0.15, 0.2) is 34.8 Å². The molecule has 1 aromatic heterocycles. The fraction of sp³-hybridized carbons (Fsp3) is 0.333. The second-order valence-corrected chi connectivity index (χ2v) is 8.10. The number of nitrogens with zero attached hydrogens (tertiary/aromatic N) is 1. The second kappa shape index (κ2) is 6.66. The summed E-state index contributed by atoms with van der Waals surface area (Å²) >= 11 is 3.36. The molecule has 1 aromatic carbocycles. The van der Waals surface area contributed by atoms with Crippen LogP contribution in [0, 0.1) is 0 Å². The van der Waals surface area contributed by atoms with Crippen LogP contribution in [0.2, 0.25) is 0 Å². The number of para-hydroxylation sites is 1. The first-order chi connectivity index (χ1) is 9.93. The number of halogens is 1. The Labute approximate surface area is 132 Å². The van der Waals surface area contributed by atoms with E-state index < -0.39 is 9.84 Å². The van der Waals surface area contributed by atoms with Crippen molar-refractivity contribution in [2.75, 3.05) is 11.5 Å². The average Bonchev–Trinajstić information content (AvgIpc) is 2.46. The smallest absolute Gasteiger partial charge is 0.182 e. The topological polar surface area (TPSA) is 64.1 Å². The zero-order chi connectivity index (χ0) is 15.5. The molecule has 0 saturated carbocycles. The van der Waals surface area contributed by atoms with Gasteiger partial charge in [0.05, 0.1) is 11.3 Å². The highest BCUT2D eigenvalue weighted by molar-refractivity contribution is 9.10. The number of hydrogen-bond donors (Lipinski definition) is 0. The van der Waals surface area contributed by atoms with Gasteiger partial charge in [0.2, 0.25) is 0 Å². The summed E-state index contributed by atoms with van der Waals surface area (Å²) < 4.78 is 23.5. The number of hydrogen-bond acceptors (Lipinski definition) is 4. The Kier molecular flexibility index (Phi) is 5.11. The van der Waals surface area contributed by atoms with E-state index in [2.05, 4.69) is 20.9 Å². The lowest BCUT2D eigenvalue weighted by molar-refractivity contribution is 0.0977. The number of carbonyl (C=O) groups excluding carboxylic acids is 1. The summed E-state index contributed by atoms with van der Waals surface area (Å²) in [5, 5.41) is 0.953. The Morgan fingerprint density at radius 2 is 2.00 bits per heavy atom. The normalized spacial score (nSPS) is 11.7. The maximum absolute atomic E-state index is 12.2. The van der Waals surface area contributed by atoms with E-state index in [-0.39, 0.29) is 23.7 Å². The molecule has 6 heteroatoms. The molecule has 0 N–H and O–H groups in total.